The van der Waals surface area contributed by atoms with E-state index in [1.165, 1.54) is 0 Å². The zero-order chi connectivity index (χ0) is 13.2. The van der Waals surface area contributed by atoms with Crippen LogP contribution in [0.3, 0.4) is 0 Å². The first-order valence-corrected chi connectivity index (χ1v) is 6.66. The van der Waals surface area contributed by atoms with Gasteiger partial charge in [-0.15, -0.1) is 0 Å². The SMILES string of the molecule is CNc1ccc(Cl)c(CN2CCC(C)(O)CC2)n1. The third-order valence-electron chi connectivity index (χ3n) is 3.48. The minimum Gasteiger partial charge on any atom is -0.390 e. The van der Waals surface area contributed by atoms with Crippen LogP contribution < -0.4 is 5.32 Å². The Morgan fingerprint density at radius 1 is 1.44 bits per heavy atom. The maximum Gasteiger partial charge on any atom is 0.126 e. The van der Waals surface area contributed by atoms with Gasteiger partial charge in [-0.25, -0.2) is 4.98 Å². The van der Waals surface area contributed by atoms with Gasteiger partial charge < -0.3 is 10.4 Å². The van der Waals surface area contributed by atoms with Crippen molar-refractivity contribution in [2.45, 2.75) is 31.9 Å². The average Bonchev–Trinajstić information content (AvgIpc) is 2.34. The molecule has 1 aliphatic rings. The van der Waals surface area contributed by atoms with Crippen LogP contribution in [0.1, 0.15) is 25.5 Å². The summed E-state index contributed by atoms with van der Waals surface area (Å²) in [5, 5.41) is 13.6. The molecule has 2 heterocycles. The molecule has 0 bridgehead atoms. The number of likely N-dealkylation sites (tertiary alicyclic amines) is 1. The van der Waals surface area contributed by atoms with Crippen molar-refractivity contribution in [3.05, 3.63) is 22.8 Å². The number of nitrogens with zero attached hydrogens (tertiary/aromatic N) is 2. The molecule has 5 heteroatoms. The van der Waals surface area contributed by atoms with Crippen LogP contribution in [-0.2, 0) is 6.54 Å². The molecule has 1 fully saturated rings. The highest BCUT2D eigenvalue weighted by Gasteiger charge is 2.27. The Hall–Kier alpha value is -0.840. The summed E-state index contributed by atoms with van der Waals surface area (Å²) in [6.45, 7) is 4.41. The van der Waals surface area contributed by atoms with E-state index in [9.17, 15) is 5.11 Å². The van der Waals surface area contributed by atoms with Crippen LogP contribution in [0.25, 0.3) is 0 Å². The molecule has 1 saturated heterocycles. The van der Waals surface area contributed by atoms with E-state index in [0.29, 0.717) is 5.02 Å². The van der Waals surface area contributed by atoms with Crippen LogP contribution in [0.5, 0.6) is 0 Å². The van der Waals surface area contributed by atoms with Crippen molar-refractivity contribution >= 4 is 17.4 Å². The number of anilines is 1. The first-order valence-electron chi connectivity index (χ1n) is 6.28. The van der Waals surface area contributed by atoms with Crippen LogP contribution in [0.4, 0.5) is 5.82 Å². The minimum absolute atomic E-state index is 0.513. The summed E-state index contributed by atoms with van der Waals surface area (Å²) in [4.78, 5) is 6.76. The van der Waals surface area contributed by atoms with Crippen molar-refractivity contribution < 1.29 is 5.11 Å². The van der Waals surface area contributed by atoms with E-state index in [1.54, 1.807) is 0 Å². The van der Waals surface area contributed by atoms with Crippen molar-refractivity contribution in [1.82, 2.24) is 9.88 Å². The highest BCUT2D eigenvalue weighted by atomic mass is 35.5. The van der Waals surface area contributed by atoms with Gasteiger partial charge >= 0.3 is 0 Å². The van der Waals surface area contributed by atoms with Crippen LogP contribution >= 0.6 is 11.6 Å². The van der Waals surface area contributed by atoms with Gasteiger partial charge in [-0.2, -0.15) is 0 Å². The third-order valence-corrected chi connectivity index (χ3v) is 3.83. The standard InChI is InChI=1S/C13H20ClN3O/c1-13(18)5-7-17(8-6-13)9-11-10(14)3-4-12(15-2)16-11/h3-4,18H,5-9H2,1-2H3,(H,15,16). The number of hydrogen-bond donors (Lipinski definition) is 2. The van der Waals surface area contributed by atoms with Crippen molar-refractivity contribution in [2.24, 2.45) is 0 Å². The van der Waals surface area contributed by atoms with Crippen molar-refractivity contribution in [3.8, 4) is 0 Å². The molecule has 0 spiro atoms. The molecular formula is C13H20ClN3O. The van der Waals surface area contributed by atoms with Gasteiger partial charge in [0.1, 0.15) is 5.82 Å². The van der Waals surface area contributed by atoms with Gasteiger partial charge in [0.25, 0.3) is 0 Å². The fourth-order valence-electron chi connectivity index (χ4n) is 2.14. The predicted octanol–water partition coefficient (Wildman–Crippen LogP) is 2.12. The lowest BCUT2D eigenvalue weighted by Gasteiger charge is -2.35. The number of halogens is 1. The molecule has 0 aromatic carbocycles. The Labute approximate surface area is 113 Å². The smallest absolute Gasteiger partial charge is 0.126 e. The Morgan fingerprint density at radius 3 is 2.72 bits per heavy atom. The minimum atomic E-state index is -0.513. The molecule has 100 valence electrons. The number of pyridine rings is 1. The fraction of sp³-hybridized carbons (Fsp3) is 0.615. The van der Waals surface area contributed by atoms with Gasteiger partial charge in [-0.1, -0.05) is 11.6 Å². The van der Waals surface area contributed by atoms with E-state index < -0.39 is 5.60 Å². The number of aromatic nitrogens is 1. The zero-order valence-corrected chi connectivity index (χ0v) is 11.7. The van der Waals surface area contributed by atoms with Crippen LogP contribution in [-0.4, -0.2) is 40.7 Å². The summed E-state index contributed by atoms with van der Waals surface area (Å²) in [7, 11) is 1.85. The maximum atomic E-state index is 9.92. The van der Waals surface area contributed by atoms with E-state index in [4.69, 9.17) is 11.6 Å². The first-order chi connectivity index (χ1) is 8.50. The zero-order valence-electron chi connectivity index (χ0n) is 10.9. The molecule has 0 atom stereocenters. The number of piperidine rings is 1. The third kappa shape index (κ3) is 3.34. The maximum absolute atomic E-state index is 9.92. The predicted molar refractivity (Wildman–Crippen MR) is 73.9 cm³/mol. The van der Waals surface area contributed by atoms with Gasteiger partial charge in [0, 0.05) is 26.7 Å². The second-order valence-electron chi connectivity index (χ2n) is 5.15. The molecule has 1 aromatic heterocycles. The molecule has 0 amide bonds. The molecule has 1 aromatic rings. The highest BCUT2D eigenvalue weighted by Crippen LogP contribution is 2.24. The van der Waals surface area contributed by atoms with E-state index >= 15 is 0 Å². The van der Waals surface area contributed by atoms with Crippen LogP contribution in [0.2, 0.25) is 5.02 Å². The molecule has 2 N–H and O–H groups in total. The highest BCUT2D eigenvalue weighted by molar-refractivity contribution is 6.31. The molecule has 0 radical (unpaired) electrons. The van der Waals surface area contributed by atoms with E-state index in [0.717, 1.165) is 44.0 Å². The first kappa shape index (κ1) is 13.6. The van der Waals surface area contributed by atoms with Crippen LogP contribution in [0, 0.1) is 0 Å². The molecule has 18 heavy (non-hydrogen) atoms. The second-order valence-corrected chi connectivity index (χ2v) is 5.56. The molecule has 0 unspecified atom stereocenters. The summed E-state index contributed by atoms with van der Waals surface area (Å²) in [5.74, 6) is 0.832. The molecule has 0 saturated carbocycles. The Kier molecular flexibility index (Phi) is 4.10. The Bertz CT molecular complexity index is 413. The topological polar surface area (TPSA) is 48.4 Å². The molecule has 4 nitrogen and oxygen atoms in total. The van der Waals surface area contributed by atoms with E-state index in [-0.39, 0.29) is 0 Å². The summed E-state index contributed by atoms with van der Waals surface area (Å²) >= 11 is 6.16. The van der Waals surface area contributed by atoms with Gasteiger partial charge in [0.2, 0.25) is 0 Å². The van der Waals surface area contributed by atoms with Crippen molar-refractivity contribution in [2.75, 3.05) is 25.5 Å². The Balaban J connectivity index is 2.01. The fourth-order valence-corrected chi connectivity index (χ4v) is 2.30. The van der Waals surface area contributed by atoms with E-state index in [2.05, 4.69) is 15.2 Å². The molecule has 1 aliphatic heterocycles. The number of rotatable bonds is 3. The van der Waals surface area contributed by atoms with Gasteiger partial charge in [0.15, 0.2) is 0 Å². The van der Waals surface area contributed by atoms with Gasteiger partial charge in [0.05, 0.1) is 16.3 Å². The molecular weight excluding hydrogens is 250 g/mol. The summed E-state index contributed by atoms with van der Waals surface area (Å²) < 4.78 is 0. The monoisotopic (exact) mass is 269 g/mol. The van der Waals surface area contributed by atoms with Gasteiger partial charge in [-0.05, 0) is 31.9 Å². The lowest BCUT2D eigenvalue weighted by Crippen LogP contribution is -2.42. The average molecular weight is 270 g/mol. The van der Waals surface area contributed by atoms with Gasteiger partial charge in [-0.3, -0.25) is 4.90 Å². The van der Waals surface area contributed by atoms with E-state index in [1.807, 2.05) is 26.1 Å². The lowest BCUT2D eigenvalue weighted by atomic mass is 9.94. The Morgan fingerprint density at radius 2 is 2.11 bits per heavy atom. The van der Waals surface area contributed by atoms with Crippen molar-refractivity contribution in [3.63, 3.8) is 0 Å². The second kappa shape index (κ2) is 5.43. The lowest BCUT2D eigenvalue weighted by molar-refractivity contribution is -0.00755. The number of aliphatic hydroxyl groups is 1. The largest absolute Gasteiger partial charge is 0.390 e. The summed E-state index contributed by atoms with van der Waals surface area (Å²) in [6.07, 6.45) is 1.60. The normalized spacial score (nSPS) is 19.8. The molecule has 0 aliphatic carbocycles. The number of nitrogens with one attached hydrogen (secondary N) is 1. The summed E-state index contributed by atoms with van der Waals surface area (Å²) in [5.41, 5.74) is 0.380. The quantitative estimate of drug-likeness (QED) is 0.883. The summed E-state index contributed by atoms with van der Waals surface area (Å²) in [6, 6.07) is 3.74. The van der Waals surface area contributed by atoms with Crippen LogP contribution in [0.15, 0.2) is 12.1 Å². The number of hydrogen-bond acceptors (Lipinski definition) is 4. The van der Waals surface area contributed by atoms with Crippen molar-refractivity contribution in [1.29, 1.82) is 0 Å². The molecule has 2 rings (SSSR count).